The van der Waals surface area contributed by atoms with Crippen molar-refractivity contribution in [1.82, 2.24) is 5.32 Å². The van der Waals surface area contributed by atoms with Gasteiger partial charge in [-0.15, -0.1) is 0 Å². The van der Waals surface area contributed by atoms with E-state index in [1.165, 1.54) is 13.2 Å². The van der Waals surface area contributed by atoms with E-state index in [0.29, 0.717) is 10.7 Å². The van der Waals surface area contributed by atoms with Gasteiger partial charge in [0, 0.05) is 5.02 Å². The number of methoxy groups -OCH3 is 1. The summed E-state index contributed by atoms with van der Waals surface area (Å²) in [5.41, 5.74) is 0.0354. The molecule has 1 heterocycles. The molecule has 5 nitrogen and oxygen atoms in total. The fourth-order valence-electron chi connectivity index (χ4n) is 2.41. The van der Waals surface area contributed by atoms with Gasteiger partial charge in [0.2, 0.25) is 5.91 Å². The molecule has 2 rings (SSSR count). The van der Waals surface area contributed by atoms with Crippen molar-refractivity contribution in [2.24, 2.45) is 0 Å². The number of piperidine rings is 1. The third-order valence-electron chi connectivity index (χ3n) is 3.75. The highest BCUT2D eigenvalue weighted by Crippen LogP contribution is 2.25. The summed E-state index contributed by atoms with van der Waals surface area (Å²) >= 11 is 5.90. The van der Waals surface area contributed by atoms with Crippen LogP contribution >= 0.6 is 11.6 Å². The van der Waals surface area contributed by atoms with Crippen molar-refractivity contribution in [2.45, 2.75) is 31.7 Å². The fourth-order valence-corrected chi connectivity index (χ4v) is 2.59. The van der Waals surface area contributed by atoms with E-state index in [-0.39, 0.29) is 11.5 Å². The van der Waals surface area contributed by atoms with Crippen molar-refractivity contribution in [3.05, 3.63) is 28.8 Å². The van der Waals surface area contributed by atoms with Crippen LogP contribution in [0.3, 0.4) is 0 Å². The predicted molar refractivity (Wildman–Crippen MR) is 81.7 cm³/mol. The molecule has 1 fully saturated rings. The largest absolute Gasteiger partial charge is 0.465 e. The molecule has 0 bridgehead atoms. The smallest absolute Gasteiger partial charge is 0.340 e. The van der Waals surface area contributed by atoms with Crippen LogP contribution in [0.15, 0.2) is 18.2 Å². The minimum Gasteiger partial charge on any atom is -0.465 e. The number of hydrogen-bond acceptors (Lipinski definition) is 4. The molecule has 114 valence electrons. The number of nitrogens with one attached hydrogen (secondary N) is 2. The Morgan fingerprint density at radius 2 is 2.14 bits per heavy atom. The van der Waals surface area contributed by atoms with Crippen LogP contribution < -0.4 is 10.6 Å². The van der Waals surface area contributed by atoms with Gasteiger partial charge in [-0.05, 0) is 50.9 Å². The van der Waals surface area contributed by atoms with E-state index in [1.54, 1.807) is 12.1 Å². The Morgan fingerprint density at radius 3 is 2.76 bits per heavy atom. The summed E-state index contributed by atoms with van der Waals surface area (Å²) in [5, 5.41) is 6.45. The van der Waals surface area contributed by atoms with Crippen molar-refractivity contribution in [2.75, 3.05) is 19.0 Å². The zero-order chi connectivity index (χ0) is 15.5. The van der Waals surface area contributed by atoms with E-state index in [1.807, 2.05) is 6.92 Å². The van der Waals surface area contributed by atoms with E-state index in [9.17, 15) is 9.59 Å². The third kappa shape index (κ3) is 3.54. The van der Waals surface area contributed by atoms with Gasteiger partial charge in [-0.1, -0.05) is 11.6 Å². The number of amides is 1. The molecule has 1 saturated heterocycles. The number of anilines is 1. The third-order valence-corrected chi connectivity index (χ3v) is 3.99. The lowest BCUT2D eigenvalue weighted by Gasteiger charge is -2.33. The van der Waals surface area contributed by atoms with Gasteiger partial charge in [0.15, 0.2) is 0 Å². The zero-order valence-corrected chi connectivity index (χ0v) is 12.9. The van der Waals surface area contributed by atoms with Crippen molar-refractivity contribution in [1.29, 1.82) is 0 Å². The summed E-state index contributed by atoms with van der Waals surface area (Å²) in [6.07, 6.45) is 2.83. The molecule has 0 aliphatic carbocycles. The first kappa shape index (κ1) is 15.8. The average molecular weight is 311 g/mol. The first-order chi connectivity index (χ1) is 9.96. The lowest BCUT2D eigenvalue weighted by molar-refractivity contribution is -0.122. The molecule has 0 spiro atoms. The van der Waals surface area contributed by atoms with E-state index in [2.05, 4.69) is 10.6 Å². The molecule has 6 heteroatoms. The quantitative estimate of drug-likeness (QED) is 0.842. The van der Waals surface area contributed by atoms with Crippen LogP contribution in [0, 0.1) is 0 Å². The Hall–Kier alpha value is -1.59. The van der Waals surface area contributed by atoms with Crippen LogP contribution in [-0.4, -0.2) is 31.1 Å². The molecule has 21 heavy (non-hydrogen) atoms. The Labute approximate surface area is 129 Å². The summed E-state index contributed by atoms with van der Waals surface area (Å²) < 4.78 is 4.72. The molecule has 0 radical (unpaired) electrons. The molecule has 1 unspecified atom stereocenters. The summed E-state index contributed by atoms with van der Waals surface area (Å²) in [7, 11) is 1.29. The molecule has 1 aliphatic rings. The van der Waals surface area contributed by atoms with Gasteiger partial charge < -0.3 is 15.4 Å². The number of carbonyl (C=O) groups is 2. The maximum Gasteiger partial charge on any atom is 0.340 e. The summed E-state index contributed by atoms with van der Waals surface area (Å²) in [4.78, 5) is 24.3. The van der Waals surface area contributed by atoms with Crippen molar-refractivity contribution < 1.29 is 14.3 Å². The summed E-state index contributed by atoms with van der Waals surface area (Å²) in [5.74, 6) is -0.691. The van der Waals surface area contributed by atoms with E-state index >= 15 is 0 Å². The second-order valence-corrected chi connectivity index (χ2v) is 5.79. The first-order valence-corrected chi connectivity index (χ1v) is 7.28. The average Bonchev–Trinajstić information content (AvgIpc) is 2.49. The van der Waals surface area contributed by atoms with Crippen LogP contribution in [0.5, 0.6) is 0 Å². The molecule has 1 aliphatic heterocycles. The lowest BCUT2D eigenvalue weighted by Crippen LogP contribution is -2.54. The number of benzene rings is 1. The maximum absolute atomic E-state index is 12.5. The number of rotatable bonds is 3. The molecule has 0 aromatic heterocycles. The Balaban J connectivity index is 2.22. The van der Waals surface area contributed by atoms with Crippen LogP contribution in [-0.2, 0) is 9.53 Å². The Morgan fingerprint density at radius 1 is 1.38 bits per heavy atom. The van der Waals surface area contributed by atoms with Gasteiger partial charge in [-0.2, -0.15) is 0 Å². The molecular weight excluding hydrogens is 292 g/mol. The molecule has 2 N–H and O–H groups in total. The summed E-state index contributed by atoms with van der Waals surface area (Å²) in [6, 6.07) is 4.72. The van der Waals surface area contributed by atoms with E-state index in [0.717, 1.165) is 25.8 Å². The number of halogens is 1. The number of ether oxygens (including phenoxy) is 1. The van der Waals surface area contributed by atoms with Crippen molar-refractivity contribution in [3.63, 3.8) is 0 Å². The van der Waals surface area contributed by atoms with Crippen LogP contribution in [0.4, 0.5) is 5.69 Å². The monoisotopic (exact) mass is 310 g/mol. The molecule has 1 aromatic rings. The highest BCUT2D eigenvalue weighted by atomic mass is 35.5. The normalized spacial score (nSPS) is 21.7. The topological polar surface area (TPSA) is 67.4 Å². The number of esters is 1. The van der Waals surface area contributed by atoms with Gasteiger partial charge in [-0.3, -0.25) is 4.79 Å². The van der Waals surface area contributed by atoms with Crippen LogP contribution in [0.1, 0.15) is 36.5 Å². The van der Waals surface area contributed by atoms with E-state index in [4.69, 9.17) is 16.3 Å². The zero-order valence-electron chi connectivity index (χ0n) is 12.2. The molecule has 1 aromatic carbocycles. The van der Waals surface area contributed by atoms with Gasteiger partial charge in [0.1, 0.15) is 0 Å². The van der Waals surface area contributed by atoms with Gasteiger partial charge in [0.05, 0.1) is 23.9 Å². The van der Waals surface area contributed by atoms with E-state index < -0.39 is 11.5 Å². The van der Waals surface area contributed by atoms with Crippen molar-refractivity contribution in [3.8, 4) is 0 Å². The van der Waals surface area contributed by atoms with Crippen LogP contribution in [0.25, 0.3) is 0 Å². The highest BCUT2D eigenvalue weighted by Gasteiger charge is 2.34. The fraction of sp³-hybridized carbons (Fsp3) is 0.467. The van der Waals surface area contributed by atoms with Crippen LogP contribution in [0.2, 0.25) is 5.02 Å². The predicted octanol–water partition coefficient (Wildman–Crippen LogP) is 2.60. The molecule has 1 atom stereocenters. The Bertz CT molecular complexity index is 554. The molecular formula is C15H19ClN2O3. The molecule has 1 amide bonds. The second kappa shape index (κ2) is 6.45. The van der Waals surface area contributed by atoms with Gasteiger partial charge in [0.25, 0.3) is 0 Å². The first-order valence-electron chi connectivity index (χ1n) is 6.90. The highest BCUT2D eigenvalue weighted by molar-refractivity contribution is 6.31. The summed E-state index contributed by atoms with van der Waals surface area (Å²) in [6.45, 7) is 2.68. The minimum atomic E-state index is -0.620. The Kier molecular flexibility index (Phi) is 4.85. The number of carbonyl (C=O) groups excluding carboxylic acids is 2. The number of hydrogen-bond donors (Lipinski definition) is 2. The lowest BCUT2D eigenvalue weighted by atomic mass is 9.90. The maximum atomic E-state index is 12.5. The van der Waals surface area contributed by atoms with Crippen molar-refractivity contribution >= 4 is 29.2 Å². The van der Waals surface area contributed by atoms with Gasteiger partial charge in [-0.25, -0.2) is 4.79 Å². The second-order valence-electron chi connectivity index (χ2n) is 5.35. The van der Waals surface area contributed by atoms with Gasteiger partial charge >= 0.3 is 5.97 Å². The minimum absolute atomic E-state index is 0.158. The standard InChI is InChI=1S/C15H19ClN2O3/c1-15(7-3-4-8-17-15)14(20)18-12-6-5-10(16)9-11(12)13(19)21-2/h5-6,9,17H,3-4,7-8H2,1-2H3,(H,18,20). The molecule has 0 saturated carbocycles. The SMILES string of the molecule is COC(=O)c1cc(Cl)ccc1NC(=O)C1(C)CCCCN1.